The quantitative estimate of drug-likeness (QED) is 0.875. The summed E-state index contributed by atoms with van der Waals surface area (Å²) in [6.07, 6.45) is 3.92. The number of thiazole rings is 1. The Labute approximate surface area is 125 Å². The Bertz CT molecular complexity index is 458. The average Bonchev–Trinajstić information content (AvgIpc) is 3.06. The first-order valence-corrected chi connectivity index (χ1v) is 8.46. The largest absolute Gasteiger partial charge is 0.378 e. The summed E-state index contributed by atoms with van der Waals surface area (Å²) in [6.45, 7) is 7.34. The van der Waals surface area contributed by atoms with E-state index in [4.69, 9.17) is 9.72 Å². The highest BCUT2D eigenvalue weighted by Gasteiger charge is 2.29. The fourth-order valence-electron chi connectivity index (χ4n) is 2.97. The number of rotatable bonds is 6. The Morgan fingerprint density at radius 2 is 2.20 bits per heavy atom. The van der Waals surface area contributed by atoms with Gasteiger partial charge in [0.25, 0.3) is 0 Å². The van der Waals surface area contributed by atoms with Crippen LogP contribution < -0.4 is 10.2 Å². The molecule has 2 unspecified atom stereocenters. The van der Waals surface area contributed by atoms with E-state index in [2.05, 4.69) is 24.1 Å². The summed E-state index contributed by atoms with van der Waals surface area (Å²) in [5.74, 6) is 0.771. The third-order valence-electron chi connectivity index (χ3n) is 4.21. The van der Waals surface area contributed by atoms with Gasteiger partial charge in [0, 0.05) is 37.2 Å². The number of nitrogens with zero attached hydrogens (tertiary/aromatic N) is 2. The summed E-state index contributed by atoms with van der Waals surface area (Å²) in [5.41, 5.74) is 1.12. The van der Waals surface area contributed by atoms with Crippen molar-refractivity contribution in [3.8, 4) is 0 Å². The summed E-state index contributed by atoms with van der Waals surface area (Å²) < 4.78 is 5.31. The first kappa shape index (κ1) is 14.3. The highest BCUT2D eigenvalue weighted by molar-refractivity contribution is 7.15. The minimum absolute atomic E-state index is 0.607. The van der Waals surface area contributed by atoms with Crippen molar-refractivity contribution < 1.29 is 4.74 Å². The highest BCUT2D eigenvalue weighted by Crippen LogP contribution is 2.34. The molecule has 1 saturated heterocycles. The van der Waals surface area contributed by atoms with Crippen molar-refractivity contribution in [3.63, 3.8) is 0 Å². The molecule has 1 aliphatic heterocycles. The zero-order valence-electron chi connectivity index (χ0n) is 12.7. The molecule has 112 valence electrons. The molecule has 1 N–H and O–H groups in total. The van der Waals surface area contributed by atoms with E-state index in [-0.39, 0.29) is 0 Å². The molecule has 1 saturated carbocycles. The Morgan fingerprint density at radius 1 is 1.40 bits per heavy atom. The van der Waals surface area contributed by atoms with Crippen LogP contribution in [0.2, 0.25) is 0 Å². The maximum absolute atomic E-state index is 5.31. The molecular formula is C15H25N3OS. The van der Waals surface area contributed by atoms with Gasteiger partial charge in [0.05, 0.1) is 12.3 Å². The molecule has 20 heavy (non-hydrogen) atoms. The van der Waals surface area contributed by atoms with E-state index in [0.717, 1.165) is 30.7 Å². The van der Waals surface area contributed by atoms with Crippen LogP contribution in [-0.4, -0.2) is 30.7 Å². The first-order valence-electron chi connectivity index (χ1n) is 7.65. The fourth-order valence-corrected chi connectivity index (χ4v) is 4.10. The van der Waals surface area contributed by atoms with Gasteiger partial charge in [-0.15, -0.1) is 11.3 Å². The Hall–Kier alpha value is -0.650. The van der Waals surface area contributed by atoms with E-state index in [1.54, 1.807) is 7.11 Å². The number of hydrogen-bond donors (Lipinski definition) is 1. The van der Waals surface area contributed by atoms with Crippen LogP contribution in [0.4, 0.5) is 5.13 Å². The second-order valence-corrected chi connectivity index (χ2v) is 7.36. The third-order valence-corrected chi connectivity index (χ3v) is 5.34. The van der Waals surface area contributed by atoms with E-state index >= 15 is 0 Å². The lowest BCUT2D eigenvalue weighted by molar-refractivity contribution is 0.181. The molecule has 0 bridgehead atoms. The molecule has 4 nitrogen and oxygen atoms in total. The van der Waals surface area contributed by atoms with Gasteiger partial charge in [-0.25, -0.2) is 4.98 Å². The van der Waals surface area contributed by atoms with E-state index in [1.165, 1.54) is 29.3 Å². The van der Waals surface area contributed by atoms with Crippen molar-refractivity contribution in [2.45, 2.75) is 58.3 Å². The van der Waals surface area contributed by atoms with Crippen LogP contribution in [-0.2, 0) is 17.9 Å². The Morgan fingerprint density at radius 3 is 2.80 bits per heavy atom. The molecule has 2 fully saturated rings. The molecule has 2 atom stereocenters. The lowest BCUT2D eigenvalue weighted by Gasteiger charge is -2.20. The standard InChI is InChI=1S/C15H25N3OS/c1-10-6-11(2)18(8-10)15-17-13(9-19-3)14(20-15)7-16-12-4-5-12/h10-12,16H,4-9H2,1-3H3. The number of anilines is 1. The summed E-state index contributed by atoms with van der Waals surface area (Å²) in [5, 5.41) is 4.77. The van der Waals surface area contributed by atoms with Crippen molar-refractivity contribution in [1.82, 2.24) is 10.3 Å². The molecule has 2 aliphatic rings. The van der Waals surface area contributed by atoms with Crippen LogP contribution in [0.3, 0.4) is 0 Å². The zero-order valence-corrected chi connectivity index (χ0v) is 13.5. The van der Waals surface area contributed by atoms with Gasteiger partial charge in [-0.05, 0) is 32.1 Å². The number of aromatic nitrogens is 1. The topological polar surface area (TPSA) is 37.4 Å². The Kier molecular flexibility index (Phi) is 4.29. The van der Waals surface area contributed by atoms with Crippen molar-refractivity contribution >= 4 is 16.5 Å². The lowest BCUT2D eigenvalue weighted by atomic mass is 10.1. The van der Waals surface area contributed by atoms with Crippen molar-refractivity contribution in [2.24, 2.45) is 5.92 Å². The van der Waals surface area contributed by atoms with Crippen molar-refractivity contribution in [1.29, 1.82) is 0 Å². The van der Waals surface area contributed by atoms with Crippen LogP contribution >= 0.6 is 11.3 Å². The van der Waals surface area contributed by atoms with Gasteiger partial charge >= 0.3 is 0 Å². The van der Waals surface area contributed by atoms with Gasteiger partial charge in [-0.3, -0.25) is 0 Å². The number of methoxy groups -OCH3 is 1. The average molecular weight is 295 g/mol. The summed E-state index contributed by atoms with van der Waals surface area (Å²) >= 11 is 1.84. The normalized spacial score (nSPS) is 26.4. The van der Waals surface area contributed by atoms with Gasteiger partial charge < -0.3 is 15.0 Å². The van der Waals surface area contributed by atoms with Crippen molar-refractivity contribution in [3.05, 3.63) is 10.6 Å². The third kappa shape index (κ3) is 3.15. The molecular weight excluding hydrogens is 270 g/mol. The molecule has 0 radical (unpaired) electrons. The predicted octanol–water partition coefficient (Wildman–Crippen LogP) is 2.78. The minimum Gasteiger partial charge on any atom is -0.378 e. The molecule has 0 amide bonds. The van der Waals surface area contributed by atoms with Gasteiger partial charge in [0.1, 0.15) is 0 Å². The van der Waals surface area contributed by atoms with E-state index < -0.39 is 0 Å². The second-order valence-electron chi connectivity index (χ2n) is 6.30. The van der Waals surface area contributed by atoms with Crippen LogP contribution in [0.1, 0.15) is 43.7 Å². The van der Waals surface area contributed by atoms with E-state index in [1.807, 2.05) is 11.3 Å². The lowest BCUT2D eigenvalue weighted by Crippen LogP contribution is -2.26. The molecule has 1 aliphatic carbocycles. The molecule has 5 heteroatoms. The van der Waals surface area contributed by atoms with Gasteiger partial charge in [-0.2, -0.15) is 0 Å². The summed E-state index contributed by atoms with van der Waals surface area (Å²) in [6, 6.07) is 1.34. The Balaban J connectivity index is 1.74. The van der Waals surface area contributed by atoms with Crippen LogP contribution in [0.5, 0.6) is 0 Å². The SMILES string of the molecule is COCc1nc(N2CC(C)CC2C)sc1CNC1CC1. The summed E-state index contributed by atoms with van der Waals surface area (Å²) in [7, 11) is 1.75. The molecule has 0 spiro atoms. The minimum atomic E-state index is 0.607. The van der Waals surface area contributed by atoms with Gasteiger partial charge in [0.2, 0.25) is 0 Å². The summed E-state index contributed by atoms with van der Waals surface area (Å²) in [4.78, 5) is 8.66. The van der Waals surface area contributed by atoms with E-state index in [0.29, 0.717) is 12.6 Å². The molecule has 2 heterocycles. The molecule has 0 aromatic carbocycles. The number of ether oxygens (including phenoxy) is 1. The smallest absolute Gasteiger partial charge is 0.186 e. The maximum Gasteiger partial charge on any atom is 0.186 e. The zero-order chi connectivity index (χ0) is 14.1. The molecule has 1 aromatic heterocycles. The fraction of sp³-hybridized carbons (Fsp3) is 0.800. The second kappa shape index (κ2) is 6.00. The van der Waals surface area contributed by atoms with Crippen molar-refractivity contribution in [2.75, 3.05) is 18.6 Å². The predicted molar refractivity (Wildman–Crippen MR) is 83.3 cm³/mol. The number of hydrogen-bond acceptors (Lipinski definition) is 5. The van der Waals surface area contributed by atoms with Crippen LogP contribution in [0.15, 0.2) is 0 Å². The molecule has 1 aromatic rings. The monoisotopic (exact) mass is 295 g/mol. The van der Waals surface area contributed by atoms with Crippen LogP contribution in [0, 0.1) is 5.92 Å². The van der Waals surface area contributed by atoms with E-state index in [9.17, 15) is 0 Å². The number of nitrogens with one attached hydrogen (secondary N) is 1. The van der Waals surface area contributed by atoms with Gasteiger partial charge in [0.15, 0.2) is 5.13 Å². The molecule has 3 rings (SSSR count). The maximum atomic E-state index is 5.31. The van der Waals surface area contributed by atoms with Crippen LogP contribution in [0.25, 0.3) is 0 Å². The highest BCUT2D eigenvalue weighted by atomic mass is 32.1. The first-order chi connectivity index (χ1) is 9.67. The van der Waals surface area contributed by atoms with Gasteiger partial charge in [-0.1, -0.05) is 6.92 Å².